The average molecular weight is 367 g/mol. The van der Waals surface area contributed by atoms with E-state index in [0.29, 0.717) is 18.0 Å². The molecule has 2 heterocycles. The maximum Gasteiger partial charge on any atom is 0.217 e. The highest BCUT2D eigenvalue weighted by atomic mass is 32.2. The number of nitrogens with zero attached hydrogens (tertiary/aromatic N) is 2. The van der Waals surface area contributed by atoms with Crippen LogP contribution in [0.25, 0.3) is 0 Å². The van der Waals surface area contributed by atoms with E-state index in [1.165, 1.54) is 18.5 Å². The fourth-order valence-corrected chi connectivity index (χ4v) is 4.63. The van der Waals surface area contributed by atoms with E-state index in [0.717, 1.165) is 30.6 Å². The summed E-state index contributed by atoms with van der Waals surface area (Å²) in [5, 5.41) is 0. The molecule has 0 saturated carbocycles. The Labute approximate surface area is 147 Å². The summed E-state index contributed by atoms with van der Waals surface area (Å²) in [5.41, 5.74) is 2.22. The van der Waals surface area contributed by atoms with Crippen molar-refractivity contribution >= 4 is 15.7 Å². The number of hydrogen-bond acceptors (Lipinski definition) is 5. The third kappa shape index (κ3) is 4.38. The largest absolute Gasteiger partial charge is 0.448 e. The lowest BCUT2D eigenvalue weighted by Crippen LogP contribution is -2.48. The molecule has 0 amide bonds. The molecule has 1 aromatic carbocycles. The molecule has 1 aromatic heterocycles. The third-order valence-electron chi connectivity index (χ3n) is 4.44. The molecule has 1 atom stereocenters. The molecule has 0 bridgehead atoms. The van der Waals surface area contributed by atoms with Crippen LogP contribution >= 0.6 is 0 Å². The van der Waals surface area contributed by atoms with Crippen molar-refractivity contribution in [1.29, 1.82) is 0 Å². The Morgan fingerprint density at radius 2 is 2.20 bits per heavy atom. The van der Waals surface area contributed by atoms with Crippen molar-refractivity contribution in [2.24, 2.45) is 0 Å². The summed E-state index contributed by atoms with van der Waals surface area (Å²) in [6.45, 7) is 4.94. The third-order valence-corrected chi connectivity index (χ3v) is 5.78. The molecule has 2 aromatic rings. The van der Waals surface area contributed by atoms with Gasteiger partial charge in [0.1, 0.15) is 17.3 Å². The van der Waals surface area contributed by atoms with Crippen LogP contribution in [0.15, 0.2) is 29.0 Å². The first-order valence-electron chi connectivity index (χ1n) is 8.24. The lowest BCUT2D eigenvalue weighted by atomic mass is 10.0. The Hall–Kier alpha value is -1.93. The zero-order valence-electron chi connectivity index (χ0n) is 14.3. The highest BCUT2D eigenvalue weighted by Crippen LogP contribution is 2.25. The van der Waals surface area contributed by atoms with Crippen LogP contribution in [-0.4, -0.2) is 32.5 Å². The standard InChI is InChI=1S/C17H22FN3O3S/c1-12-8-14(18)5-6-17(12)21-7-3-4-15(9-21)20-25(22,23)10-16-13(2)24-11-19-16/h5-6,8,11,15,20H,3-4,7,9-10H2,1-2H3. The molecule has 1 aliphatic heterocycles. The van der Waals surface area contributed by atoms with Crippen LogP contribution in [0, 0.1) is 19.7 Å². The molecule has 3 rings (SSSR count). The SMILES string of the molecule is Cc1cc(F)ccc1N1CCCC(NS(=O)(=O)Cc2ncoc2C)C1. The van der Waals surface area contributed by atoms with Gasteiger partial charge in [0.15, 0.2) is 6.39 Å². The summed E-state index contributed by atoms with van der Waals surface area (Å²) in [5.74, 6) is 0.0533. The number of aryl methyl sites for hydroxylation is 2. The fraction of sp³-hybridized carbons (Fsp3) is 0.471. The highest BCUT2D eigenvalue weighted by Gasteiger charge is 2.26. The highest BCUT2D eigenvalue weighted by molar-refractivity contribution is 7.88. The van der Waals surface area contributed by atoms with Gasteiger partial charge in [0.05, 0.1) is 5.69 Å². The zero-order valence-corrected chi connectivity index (χ0v) is 15.1. The molecule has 1 fully saturated rings. The Morgan fingerprint density at radius 3 is 2.88 bits per heavy atom. The summed E-state index contributed by atoms with van der Waals surface area (Å²) in [7, 11) is -3.51. The van der Waals surface area contributed by atoms with Gasteiger partial charge < -0.3 is 9.32 Å². The number of anilines is 1. The molecule has 136 valence electrons. The number of sulfonamides is 1. The second-order valence-electron chi connectivity index (χ2n) is 6.45. The van der Waals surface area contributed by atoms with Gasteiger partial charge in [-0.05, 0) is 50.5 Å². The average Bonchev–Trinajstić information content (AvgIpc) is 2.91. The smallest absolute Gasteiger partial charge is 0.217 e. The second-order valence-corrected chi connectivity index (χ2v) is 8.20. The van der Waals surface area contributed by atoms with Crippen LogP contribution in [0.5, 0.6) is 0 Å². The van der Waals surface area contributed by atoms with Crippen LogP contribution in [0.1, 0.15) is 29.9 Å². The van der Waals surface area contributed by atoms with Gasteiger partial charge in [0, 0.05) is 24.8 Å². The van der Waals surface area contributed by atoms with Gasteiger partial charge in [-0.1, -0.05) is 0 Å². The van der Waals surface area contributed by atoms with Gasteiger partial charge in [-0.15, -0.1) is 0 Å². The molecule has 8 heteroatoms. The summed E-state index contributed by atoms with van der Waals surface area (Å²) in [4.78, 5) is 6.05. The molecule has 1 saturated heterocycles. The van der Waals surface area contributed by atoms with Crippen molar-refractivity contribution in [2.75, 3.05) is 18.0 Å². The number of piperidine rings is 1. The summed E-state index contributed by atoms with van der Waals surface area (Å²) < 4.78 is 45.9. The van der Waals surface area contributed by atoms with Gasteiger partial charge in [-0.3, -0.25) is 0 Å². The number of hydrogen-bond donors (Lipinski definition) is 1. The molecular formula is C17H22FN3O3S. The molecular weight excluding hydrogens is 345 g/mol. The Morgan fingerprint density at radius 1 is 1.40 bits per heavy atom. The zero-order chi connectivity index (χ0) is 18.0. The first-order chi connectivity index (χ1) is 11.8. The first kappa shape index (κ1) is 17.9. The van der Waals surface area contributed by atoms with Crippen molar-refractivity contribution < 1.29 is 17.2 Å². The van der Waals surface area contributed by atoms with E-state index in [9.17, 15) is 12.8 Å². The summed E-state index contributed by atoms with van der Waals surface area (Å²) in [6, 6.07) is 4.50. The molecule has 25 heavy (non-hydrogen) atoms. The number of halogens is 1. The summed E-state index contributed by atoms with van der Waals surface area (Å²) >= 11 is 0. The normalized spacial score (nSPS) is 18.5. The minimum Gasteiger partial charge on any atom is -0.448 e. The lowest BCUT2D eigenvalue weighted by Gasteiger charge is -2.35. The number of benzene rings is 1. The number of oxazole rings is 1. The predicted octanol–water partition coefficient (Wildman–Crippen LogP) is 2.52. The van der Waals surface area contributed by atoms with E-state index in [2.05, 4.69) is 14.6 Å². The van der Waals surface area contributed by atoms with Crippen LogP contribution in [-0.2, 0) is 15.8 Å². The topological polar surface area (TPSA) is 75.4 Å². The molecule has 0 spiro atoms. The van der Waals surface area contributed by atoms with Gasteiger partial charge in [0.25, 0.3) is 0 Å². The van der Waals surface area contributed by atoms with E-state index in [1.807, 2.05) is 6.92 Å². The minimum atomic E-state index is -3.51. The van der Waals surface area contributed by atoms with Crippen LogP contribution in [0.4, 0.5) is 10.1 Å². The van der Waals surface area contributed by atoms with E-state index in [4.69, 9.17) is 4.42 Å². The second kappa shape index (κ2) is 7.13. The molecule has 0 aliphatic carbocycles. The quantitative estimate of drug-likeness (QED) is 0.879. The van der Waals surface area contributed by atoms with Crippen molar-refractivity contribution in [3.05, 3.63) is 47.4 Å². The monoisotopic (exact) mass is 367 g/mol. The van der Waals surface area contributed by atoms with E-state index >= 15 is 0 Å². The number of rotatable bonds is 5. The Balaban J connectivity index is 1.68. The Bertz CT molecular complexity index is 851. The number of aromatic nitrogens is 1. The maximum atomic E-state index is 13.3. The first-order valence-corrected chi connectivity index (χ1v) is 9.89. The van der Waals surface area contributed by atoms with E-state index in [1.54, 1.807) is 13.0 Å². The van der Waals surface area contributed by atoms with Crippen molar-refractivity contribution in [3.8, 4) is 0 Å². The molecule has 1 aliphatic rings. The van der Waals surface area contributed by atoms with Crippen LogP contribution in [0.2, 0.25) is 0 Å². The van der Waals surface area contributed by atoms with Crippen LogP contribution in [0.3, 0.4) is 0 Å². The minimum absolute atomic E-state index is 0.185. The lowest BCUT2D eigenvalue weighted by molar-refractivity contribution is 0.465. The fourth-order valence-electron chi connectivity index (χ4n) is 3.21. The van der Waals surface area contributed by atoms with Gasteiger partial charge in [0.2, 0.25) is 10.0 Å². The molecule has 6 nitrogen and oxygen atoms in total. The predicted molar refractivity (Wildman–Crippen MR) is 93.4 cm³/mol. The Kier molecular flexibility index (Phi) is 5.10. The van der Waals surface area contributed by atoms with Crippen LogP contribution < -0.4 is 9.62 Å². The van der Waals surface area contributed by atoms with Crippen molar-refractivity contribution in [3.63, 3.8) is 0 Å². The number of nitrogens with one attached hydrogen (secondary N) is 1. The molecule has 1 unspecified atom stereocenters. The van der Waals surface area contributed by atoms with Crippen molar-refractivity contribution in [1.82, 2.24) is 9.71 Å². The van der Waals surface area contributed by atoms with Gasteiger partial charge >= 0.3 is 0 Å². The van der Waals surface area contributed by atoms with E-state index in [-0.39, 0.29) is 17.6 Å². The van der Waals surface area contributed by atoms with E-state index < -0.39 is 10.0 Å². The molecule has 1 N–H and O–H groups in total. The van der Waals surface area contributed by atoms with Gasteiger partial charge in [-0.25, -0.2) is 22.5 Å². The van der Waals surface area contributed by atoms with Gasteiger partial charge in [-0.2, -0.15) is 0 Å². The summed E-state index contributed by atoms with van der Waals surface area (Å²) in [6.07, 6.45) is 2.89. The maximum absolute atomic E-state index is 13.3. The molecule has 0 radical (unpaired) electrons. The van der Waals surface area contributed by atoms with Crippen molar-refractivity contribution in [2.45, 2.75) is 38.5 Å².